The van der Waals surface area contributed by atoms with Crippen LogP contribution in [0.4, 0.5) is 0 Å². The van der Waals surface area contributed by atoms with Gasteiger partial charge in [-0.2, -0.15) is 0 Å². The monoisotopic (exact) mass is 567 g/mol. The fourth-order valence-corrected chi connectivity index (χ4v) is 8.48. The lowest BCUT2D eigenvalue weighted by atomic mass is 9.79. The summed E-state index contributed by atoms with van der Waals surface area (Å²) in [7, 11) is 0. The fraction of sp³-hybridized carbons (Fsp3) is 0. The highest BCUT2D eigenvalue weighted by Crippen LogP contribution is 2.55. The van der Waals surface area contributed by atoms with Gasteiger partial charge >= 0.3 is 0 Å². The van der Waals surface area contributed by atoms with Crippen molar-refractivity contribution in [3.8, 4) is 44.5 Å². The molecular weight excluding hydrogens is 542 g/mol. The molecule has 0 bridgehead atoms. The van der Waals surface area contributed by atoms with Crippen LogP contribution in [0.5, 0.6) is 0 Å². The van der Waals surface area contributed by atoms with Gasteiger partial charge in [-0.3, -0.25) is 0 Å². The van der Waals surface area contributed by atoms with Crippen LogP contribution >= 0.6 is 0 Å². The fourth-order valence-electron chi connectivity index (χ4n) is 8.48. The molecule has 0 radical (unpaired) electrons. The van der Waals surface area contributed by atoms with E-state index >= 15 is 0 Å². The minimum absolute atomic E-state index is 1.26. The van der Waals surface area contributed by atoms with Gasteiger partial charge in [0.2, 0.25) is 0 Å². The number of hydrogen-bond acceptors (Lipinski definition) is 0. The van der Waals surface area contributed by atoms with Crippen LogP contribution in [0.3, 0.4) is 0 Å². The maximum atomic E-state index is 2.55. The number of benzene rings is 8. The highest BCUT2D eigenvalue weighted by atomic mass is 14.9. The molecule has 1 nitrogen and oxygen atoms in total. The highest BCUT2D eigenvalue weighted by molar-refractivity contribution is 6.36. The topological polar surface area (TPSA) is 4.41 Å². The molecule has 1 heteroatoms. The smallest absolute Gasteiger partial charge is 0.0627 e. The predicted octanol–water partition coefficient (Wildman–Crippen LogP) is 12.1. The van der Waals surface area contributed by atoms with E-state index < -0.39 is 0 Å². The highest BCUT2D eigenvalue weighted by Gasteiger charge is 2.29. The molecule has 2 heterocycles. The van der Waals surface area contributed by atoms with Crippen LogP contribution in [0.15, 0.2) is 152 Å². The van der Waals surface area contributed by atoms with E-state index in [2.05, 4.69) is 156 Å². The second-order valence-electron chi connectivity index (χ2n) is 12.4. The summed E-state index contributed by atoms with van der Waals surface area (Å²) in [6.07, 6.45) is 0. The van der Waals surface area contributed by atoms with Crippen LogP contribution in [0.2, 0.25) is 0 Å². The van der Waals surface area contributed by atoms with Crippen molar-refractivity contribution in [2.45, 2.75) is 0 Å². The van der Waals surface area contributed by atoms with E-state index in [-0.39, 0.29) is 0 Å². The molecule has 1 aliphatic carbocycles. The SMILES string of the molecule is c1ccc2c(c1)-c1ccccc1-c1cc3c4c5ccccc5ccc4n4c5ccc6ccccc6c5c(c1-c1ccccc1-2)c34. The Balaban J connectivity index is 1.50. The molecule has 0 N–H and O–H groups in total. The standard InChI is InChI=1S/C44H25N/c1-3-13-28-26(11-1)21-23-38-40(28)37-25-36-34-19-8-7-17-32(34)30-15-5-6-16-31(30)33-18-9-10-20-35(33)41(36)43-42-29-14-4-2-12-27(29)22-24-39(42)45(38)44(37)43/h1-25H. The summed E-state index contributed by atoms with van der Waals surface area (Å²) in [5.41, 5.74) is 14.1. The van der Waals surface area contributed by atoms with Crippen molar-refractivity contribution < 1.29 is 0 Å². The Morgan fingerprint density at radius 3 is 1.36 bits per heavy atom. The first kappa shape index (κ1) is 23.5. The van der Waals surface area contributed by atoms with Crippen LogP contribution < -0.4 is 0 Å². The van der Waals surface area contributed by atoms with E-state index in [1.54, 1.807) is 0 Å². The van der Waals surface area contributed by atoms with Gasteiger partial charge in [0.15, 0.2) is 0 Å². The van der Waals surface area contributed by atoms with Crippen molar-refractivity contribution in [1.82, 2.24) is 4.40 Å². The maximum Gasteiger partial charge on any atom is 0.0627 e. The van der Waals surface area contributed by atoms with Gasteiger partial charge in [-0.15, -0.1) is 0 Å². The zero-order chi connectivity index (χ0) is 29.2. The third kappa shape index (κ3) is 2.89. The van der Waals surface area contributed by atoms with Crippen molar-refractivity contribution in [3.63, 3.8) is 0 Å². The molecule has 0 spiro atoms. The van der Waals surface area contributed by atoms with Crippen LogP contribution in [0, 0.1) is 0 Å². The number of hydrogen-bond donors (Lipinski definition) is 0. The molecule has 206 valence electrons. The molecule has 11 rings (SSSR count). The number of rotatable bonds is 0. The lowest BCUT2D eigenvalue weighted by Gasteiger charge is -2.24. The average molecular weight is 568 g/mol. The van der Waals surface area contributed by atoms with Crippen molar-refractivity contribution in [1.29, 1.82) is 0 Å². The van der Waals surface area contributed by atoms with Gasteiger partial charge < -0.3 is 4.40 Å². The molecule has 0 atom stereocenters. The molecule has 10 aromatic rings. The Labute approximate surface area is 259 Å². The lowest BCUT2D eigenvalue weighted by Crippen LogP contribution is -1.97. The van der Waals surface area contributed by atoms with Crippen molar-refractivity contribution in [3.05, 3.63) is 152 Å². The first-order valence-corrected chi connectivity index (χ1v) is 15.7. The van der Waals surface area contributed by atoms with Gasteiger partial charge in [-0.25, -0.2) is 0 Å². The summed E-state index contributed by atoms with van der Waals surface area (Å²) in [5, 5.41) is 10.5. The van der Waals surface area contributed by atoms with Gasteiger partial charge in [-0.1, -0.05) is 133 Å². The molecule has 8 aromatic carbocycles. The minimum Gasteiger partial charge on any atom is -0.308 e. The van der Waals surface area contributed by atoms with Crippen molar-refractivity contribution in [2.75, 3.05) is 0 Å². The minimum atomic E-state index is 1.26. The average Bonchev–Trinajstić information content (AvgIpc) is 3.63. The Morgan fingerprint density at radius 1 is 0.311 bits per heavy atom. The number of fused-ring (bicyclic) bond motifs is 19. The molecule has 0 saturated carbocycles. The Bertz CT molecular complexity index is 2870. The molecule has 1 aliphatic rings. The zero-order valence-electron chi connectivity index (χ0n) is 24.4. The van der Waals surface area contributed by atoms with E-state index in [9.17, 15) is 0 Å². The number of nitrogens with zero attached hydrogens (tertiary/aromatic N) is 1. The summed E-state index contributed by atoms with van der Waals surface area (Å²) >= 11 is 0. The second kappa shape index (κ2) is 8.37. The predicted molar refractivity (Wildman–Crippen MR) is 191 cm³/mol. The largest absolute Gasteiger partial charge is 0.308 e. The summed E-state index contributed by atoms with van der Waals surface area (Å²) in [5.74, 6) is 0. The maximum absolute atomic E-state index is 2.55. The molecule has 45 heavy (non-hydrogen) atoms. The normalized spacial score (nSPS) is 12.4. The summed E-state index contributed by atoms with van der Waals surface area (Å²) in [6, 6.07) is 56.5. The van der Waals surface area contributed by atoms with Crippen LogP contribution in [-0.2, 0) is 0 Å². The van der Waals surface area contributed by atoms with Gasteiger partial charge in [0, 0.05) is 27.1 Å². The Kier molecular flexibility index (Phi) is 4.38. The zero-order valence-corrected chi connectivity index (χ0v) is 24.4. The third-order valence-electron chi connectivity index (χ3n) is 10.3. The van der Waals surface area contributed by atoms with Gasteiger partial charge in [0.25, 0.3) is 0 Å². The van der Waals surface area contributed by atoms with Crippen molar-refractivity contribution in [2.24, 2.45) is 0 Å². The Morgan fingerprint density at radius 2 is 0.756 bits per heavy atom. The van der Waals surface area contributed by atoms with Gasteiger partial charge in [-0.05, 0) is 78.7 Å². The molecule has 0 amide bonds. The van der Waals surface area contributed by atoms with Crippen molar-refractivity contribution >= 4 is 59.6 Å². The van der Waals surface area contributed by atoms with Crippen LogP contribution in [0.1, 0.15) is 0 Å². The van der Waals surface area contributed by atoms with E-state index in [1.165, 1.54) is 104 Å². The third-order valence-corrected chi connectivity index (χ3v) is 10.3. The first-order valence-electron chi connectivity index (χ1n) is 15.7. The van der Waals surface area contributed by atoms with E-state index in [0.29, 0.717) is 0 Å². The molecule has 0 fully saturated rings. The van der Waals surface area contributed by atoms with Crippen LogP contribution in [0.25, 0.3) is 104 Å². The summed E-state index contributed by atoms with van der Waals surface area (Å²) in [6.45, 7) is 0. The molecule has 0 saturated heterocycles. The molecule has 2 aromatic heterocycles. The molecular formula is C44H25N. The van der Waals surface area contributed by atoms with E-state index in [1.807, 2.05) is 0 Å². The second-order valence-corrected chi connectivity index (χ2v) is 12.4. The van der Waals surface area contributed by atoms with Gasteiger partial charge in [0.1, 0.15) is 0 Å². The van der Waals surface area contributed by atoms with E-state index in [0.717, 1.165) is 0 Å². The Hall–Kier alpha value is -5.92. The van der Waals surface area contributed by atoms with E-state index in [4.69, 9.17) is 0 Å². The first-order chi connectivity index (χ1) is 22.4. The van der Waals surface area contributed by atoms with Gasteiger partial charge in [0.05, 0.1) is 16.6 Å². The molecule has 0 unspecified atom stereocenters. The molecule has 0 aliphatic heterocycles. The van der Waals surface area contributed by atoms with Crippen LogP contribution in [-0.4, -0.2) is 4.40 Å². The quantitative estimate of drug-likeness (QED) is 0.172. The lowest BCUT2D eigenvalue weighted by molar-refractivity contribution is 1.37. The number of aromatic nitrogens is 1. The summed E-state index contributed by atoms with van der Waals surface area (Å²) < 4.78 is 2.55. The summed E-state index contributed by atoms with van der Waals surface area (Å²) in [4.78, 5) is 0.